The van der Waals surface area contributed by atoms with Gasteiger partial charge in [0.05, 0.1) is 15.6 Å². The van der Waals surface area contributed by atoms with Crippen LogP contribution in [0.15, 0.2) is 58.8 Å². The Bertz CT molecular complexity index is 917. The maximum atomic E-state index is 12.3. The molecule has 0 radical (unpaired) electrons. The van der Waals surface area contributed by atoms with Crippen molar-refractivity contribution in [3.05, 3.63) is 62.5 Å². The molecule has 1 aromatic heterocycles. The molecular weight excluding hydrogens is 443 g/mol. The third-order valence-corrected chi connectivity index (χ3v) is 6.07. The van der Waals surface area contributed by atoms with E-state index in [2.05, 4.69) is 32.3 Å². The number of aryl methyl sites for hydroxylation is 1. The highest BCUT2D eigenvalue weighted by atomic mass is 127. The van der Waals surface area contributed by atoms with E-state index in [4.69, 9.17) is 0 Å². The first-order chi connectivity index (χ1) is 10.9. The molecule has 3 aromatic rings. The number of aromatic nitrogens is 1. The van der Waals surface area contributed by atoms with Gasteiger partial charge in [0.15, 0.2) is 0 Å². The first-order valence-corrected chi connectivity index (χ1v) is 10.2. The summed E-state index contributed by atoms with van der Waals surface area (Å²) in [4.78, 5) is 4.67. The lowest BCUT2D eigenvalue weighted by atomic mass is 10.1. The topological polar surface area (TPSA) is 59.1 Å². The molecular formula is C16H13IN2O2S2. The number of hydrogen-bond donors (Lipinski definition) is 1. The van der Waals surface area contributed by atoms with Crippen LogP contribution in [0.4, 0.5) is 5.69 Å². The monoisotopic (exact) mass is 456 g/mol. The van der Waals surface area contributed by atoms with Gasteiger partial charge in [0.2, 0.25) is 0 Å². The van der Waals surface area contributed by atoms with Crippen molar-refractivity contribution in [1.82, 2.24) is 4.98 Å². The summed E-state index contributed by atoms with van der Waals surface area (Å²) in [5.41, 5.74) is 2.39. The van der Waals surface area contributed by atoms with Crippen molar-refractivity contribution in [1.29, 1.82) is 0 Å². The van der Waals surface area contributed by atoms with Crippen LogP contribution >= 0.6 is 33.9 Å². The van der Waals surface area contributed by atoms with Gasteiger partial charge in [0.1, 0.15) is 0 Å². The van der Waals surface area contributed by atoms with E-state index in [1.165, 1.54) is 0 Å². The maximum absolute atomic E-state index is 12.3. The first-order valence-electron chi connectivity index (χ1n) is 6.75. The van der Waals surface area contributed by atoms with Crippen LogP contribution in [0, 0.1) is 10.5 Å². The molecule has 0 unspecified atom stereocenters. The second-order valence-corrected chi connectivity index (χ2v) is 8.88. The Morgan fingerprint density at radius 3 is 2.26 bits per heavy atom. The average molecular weight is 456 g/mol. The van der Waals surface area contributed by atoms with Gasteiger partial charge >= 0.3 is 0 Å². The van der Waals surface area contributed by atoms with E-state index < -0.39 is 10.0 Å². The van der Waals surface area contributed by atoms with Gasteiger partial charge < -0.3 is 0 Å². The predicted molar refractivity (Wildman–Crippen MR) is 102 cm³/mol. The zero-order valence-electron chi connectivity index (χ0n) is 12.2. The number of halogens is 1. The summed E-state index contributed by atoms with van der Waals surface area (Å²) in [5, 5.41) is 2.99. The molecule has 0 bridgehead atoms. The second kappa shape index (κ2) is 6.58. The van der Waals surface area contributed by atoms with Crippen LogP contribution in [0.1, 0.15) is 5.01 Å². The van der Waals surface area contributed by atoms with Crippen molar-refractivity contribution in [3.63, 3.8) is 0 Å². The summed E-state index contributed by atoms with van der Waals surface area (Å²) < 4.78 is 28.3. The molecule has 4 nitrogen and oxygen atoms in total. The SMILES string of the molecule is Cc1nc(-c2ccc(NS(=O)(=O)c3ccc(I)cc3)cc2)cs1. The Morgan fingerprint density at radius 1 is 1.04 bits per heavy atom. The van der Waals surface area contributed by atoms with E-state index in [9.17, 15) is 8.42 Å². The van der Waals surface area contributed by atoms with Crippen molar-refractivity contribution in [2.75, 3.05) is 4.72 Å². The summed E-state index contributed by atoms with van der Waals surface area (Å²) in [6, 6.07) is 13.9. The number of thiazole rings is 1. The zero-order chi connectivity index (χ0) is 16.4. The number of hydrogen-bond acceptors (Lipinski definition) is 4. The summed E-state index contributed by atoms with van der Waals surface area (Å²) >= 11 is 3.73. The highest BCUT2D eigenvalue weighted by molar-refractivity contribution is 14.1. The number of rotatable bonds is 4. The maximum Gasteiger partial charge on any atom is 0.261 e. The van der Waals surface area contributed by atoms with Crippen LogP contribution in [-0.4, -0.2) is 13.4 Å². The third-order valence-electron chi connectivity index (χ3n) is 3.18. The zero-order valence-corrected chi connectivity index (χ0v) is 15.9. The van der Waals surface area contributed by atoms with Crippen molar-refractivity contribution in [3.8, 4) is 11.3 Å². The molecule has 23 heavy (non-hydrogen) atoms. The molecule has 0 aliphatic carbocycles. The van der Waals surface area contributed by atoms with Gasteiger partial charge in [-0.3, -0.25) is 4.72 Å². The van der Waals surface area contributed by atoms with Crippen molar-refractivity contribution >= 4 is 49.6 Å². The Kier molecular flexibility index (Phi) is 4.69. The predicted octanol–water partition coefficient (Wildman–Crippen LogP) is 4.52. The molecule has 0 fully saturated rings. The molecule has 1 heterocycles. The lowest BCUT2D eigenvalue weighted by Crippen LogP contribution is -2.12. The standard InChI is InChI=1S/C16H13IN2O2S2/c1-11-18-16(10-22-11)12-2-6-14(7-3-12)19-23(20,21)15-8-4-13(17)5-9-15/h2-10,19H,1H3. The molecule has 7 heteroatoms. The number of benzene rings is 2. The minimum atomic E-state index is -3.57. The van der Waals surface area contributed by atoms with Crippen LogP contribution < -0.4 is 4.72 Å². The van der Waals surface area contributed by atoms with E-state index in [0.29, 0.717) is 5.69 Å². The third kappa shape index (κ3) is 3.91. The highest BCUT2D eigenvalue weighted by Crippen LogP contribution is 2.24. The molecule has 0 spiro atoms. The lowest BCUT2D eigenvalue weighted by Gasteiger charge is -2.08. The Balaban J connectivity index is 1.81. The summed E-state index contributed by atoms with van der Waals surface area (Å²) in [7, 11) is -3.57. The van der Waals surface area contributed by atoms with Crippen LogP contribution in [0.3, 0.4) is 0 Å². The molecule has 0 aliphatic rings. The van der Waals surface area contributed by atoms with E-state index in [1.54, 1.807) is 47.7 Å². The molecule has 0 atom stereocenters. The smallest absolute Gasteiger partial charge is 0.261 e. The number of sulfonamides is 1. The van der Waals surface area contributed by atoms with Crippen molar-refractivity contribution in [2.45, 2.75) is 11.8 Å². The molecule has 0 aliphatic heterocycles. The van der Waals surface area contributed by atoms with Crippen LogP contribution in [0.25, 0.3) is 11.3 Å². The van der Waals surface area contributed by atoms with Crippen LogP contribution in [0.5, 0.6) is 0 Å². The summed E-state index contributed by atoms with van der Waals surface area (Å²) in [6.45, 7) is 1.96. The highest BCUT2D eigenvalue weighted by Gasteiger charge is 2.14. The summed E-state index contributed by atoms with van der Waals surface area (Å²) in [5.74, 6) is 0. The molecule has 118 valence electrons. The average Bonchev–Trinajstić information content (AvgIpc) is 2.95. The van der Waals surface area contributed by atoms with Gasteiger partial charge in [0, 0.05) is 20.2 Å². The van der Waals surface area contributed by atoms with E-state index in [-0.39, 0.29) is 4.90 Å². The number of nitrogens with zero attached hydrogens (tertiary/aromatic N) is 1. The fourth-order valence-corrected chi connectivity index (χ4v) is 4.07. The fourth-order valence-electron chi connectivity index (χ4n) is 2.03. The minimum absolute atomic E-state index is 0.247. The largest absolute Gasteiger partial charge is 0.280 e. The van der Waals surface area contributed by atoms with Gasteiger partial charge in [0.25, 0.3) is 10.0 Å². The first kappa shape index (κ1) is 16.4. The molecule has 1 N–H and O–H groups in total. The van der Waals surface area contributed by atoms with Gasteiger partial charge in [-0.2, -0.15) is 0 Å². The fraction of sp³-hybridized carbons (Fsp3) is 0.0625. The van der Waals surface area contributed by atoms with Gasteiger partial charge in [-0.15, -0.1) is 11.3 Å². The van der Waals surface area contributed by atoms with Gasteiger partial charge in [-0.05, 0) is 65.9 Å². The Labute approximate surface area is 152 Å². The molecule has 3 rings (SSSR count). The van der Waals surface area contributed by atoms with Crippen molar-refractivity contribution < 1.29 is 8.42 Å². The molecule has 0 saturated carbocycles. The second-order valence-electron chi connectivity index (χ2n) is 4.89. The summed E-state index contributed by atoms with van der Waals surface area (Å²) in [6.07, 6.45) is 0. The van der Waals surface area contributed by atoms with Crippen LogP contribution in [-0.2, 0) is 10.0 Å². The van der Waals surface area contributed by atoms with Gasteiger partial charge in [-0.25, -0.2) is 13.4 Å². The van der Waals surface area contributed by atoms with Crippen molar-refractivity contribution in [2.24, 2.45) is 0 Å². The minimum Gasteiger partial charge on any atom is -0.280 e. The quantitative estimate of drug-likeness (QED) is 0.588. The van der Waals surface area contributed by atoms with Gasteiger partial charge in [-0.1, -0.05) is 12.1 Å². The molecule has 0 saturated heterocycles. The Morgan fingerprint density at radius 2 is 1.70 bits per heavy atom. The van der Waals surface area contributed by atoms with Crippen LogP contribution in [0.2, 0.25) is 0 Å². The molecule has 2 aromatic carbocycles. The van der Waals surface area contributed by atoms with E-state index in [1.807, 2.05) is 24.4 Å². The number of nitrogens with one attached hydrogen (secondary N) is 1. The molecule has 0 amide bonds. The lowest BCUT2D eigenvalue weighted by molar-refractivity contribution is 0.601. The normalized spacial score (nSPS) is 11.4. The van der Waals surface area contributed by atoms with E-state index >= 15 is 0 Å². The Hall–Kier alpha value is -1.45. The number of anilines is 1. The van der Waals surface area contributed by atoms with E-state index in [0.717, 1.165) is 19.8 Å².